The summed E-state index contributed by atoms with van der Waals surface area (Å²) in [5.74, 6) is 0.535. The molecule has 0 unspecified atom stereocenters. The molecule has 4 rings (SSSR count). The summed E-state index contributed by atoms with van der Waals surface area (Å²) in [4.78, 5) is 7.58. The van der Waals surface area contributed by atoms with Crippen LogP contribution in [0.25, 0.3) is 10.9 Å². The Labute approximate surface area is 150 Å². The van der Waals surface area contributed by atoms with Crippen LogP contribution in [0.3, 0.4) is 0 Å². The van der Waals surface area contributed by atoms with E-state index in [0.29, 0.717) is 5.39 Å². The molecule has 132 valence electrons. The highest BCUT2D eigenvalue weighted by Crippen LogP contribution is 2.23. The first kappa shape index (κ1) is 16.3. The van der Waals surface area contributed by atoms with E-state index < -0.39 is 0 Å². The molecule has 0 amide bonds. The van der Waals surface area contributed by atoms with Gasteiger partial charge in [-0.05, 0) is 55.7 Å². The molecule has 0 aliphatic heterocycles. The maximum absolute atomic E-state index is 13.5. The lowest BCUT2D eigenvalue weighted by Crippen LogP contribution is -2.01. The van der Waals surface area contributed by atoms with Gasteiger partial charge >= 0.3 is 0 Å². The van der Waals surface area contributed by atoms with Crippen LogP contribution in [-0.4, -0.2) is 19.7 Å². The van der Waals surface area contributed by atoms with Crippen molar-refractivity contribution < 1.29 is 4.39 Å². The third kappa shape index (κ3) is 3.31. The largest absolute Gasteiger partial charge is 0.358 e. The first-order chi connectivity index (χ1) is 12.6. The highest BCUT2D eigenvalue weighted by Gasteiger charge is 2.07. The first-order valence-electron chi connectivity index (χ1n) is 8.57. The lowest BCUT2D eigenvalue weighted by atomic mass is 10.1. The third-order valence-electron chi connectivity index (χ3n) is 4.52. The van der Waals surface area contributed by atoms with Crippen molar-refractivity contribution in [3.8, 4) is 0 Å². The number of fused-ring (bicyclic) bond motifs is 1. The number of hydrogen-bond acceptors (Lipinski definition) is 3. The van der Waals surface area contributed by atoms with Crippen LogP contribution in [0.2, 0.25) is 0 Å². The molecule has 3 aromatic heterocycles. The van der Waals surface area contributed by atoms with E-state index in [-0.39, 0.29) is 5.82 Å². The summed E-state index contributed by atoms with van der Waals surface area (Å²) >= 11 is 0. The van der Waals surface area contributed by atoms with Gasteiger partial charge in [0.1, 0.15) is 11.6 Å². The van der Waals surface area contributed by atoms with Crippen molar-refractivity contribution in [2.24, 2.45) is 7.05 Å². The number of pyridine rings is 1. The average Bonchev–Trinajstić information content (AvgIpc) is 3.20. The smallest absolute Gasteiger partial charge is 0.148 e. The fourth-order valence-electron chi connectivity index (χ4n) is 3.10. The van der Waals surface area contributed by atoms with Crippen LogP contribution < -0.4 is 5.32 Å². The van der Waals surface area contributed by atoms with E-state index in [1.54, 1.807) is 6.07 Å². The molecule has 0 radical (unpaired) electrons. The predicted molar refractivity (Wildman–Crippen MR) is 101 cm³/mol. The molecule has 26 heavy (non-hydrogen) atoms. The predicted octanol–water partition coefficient (Wildman–Crippen LogP) is 4.27. The van der Waals surface area contributed by atoms with E-state index in [9.17, 15) is 4.39 Å². The molecule has 6 heteroatoms. The van der Waals surface area contributed by atoms with Crippen molar-refractivity contribution in [3.05, 3.63) is 71.6 Å². The van der Waals surface area contributed by atoms with Gasteiger partial charge in [-0.3, -0.25) is 4.68 Å². The lowest BCUT2D eigenvalue weighted by Gasteiger charge is -2.10. The minimum Gasteiger partial charge on any atom is -0.358 e. The van der Waals surface area contributed by atoms with Crippen LogP contribution in [0.1, 0.15) is 17.0 Å². The highest BCUT2D eigenvalue weighted by molar-refractivity contribution is 5.84. The van der Waals surface area contributed by atoms with E-state index in [4.69, 9.17) is 0 Å². The Bertz CT molecular complexity index is 1060. The van der Waals surface area contributed by atoms with Gasteiger partial charge in [-0.15, -0.1) is 0 Å². The number of anilines is 2. The summed E-state index contributed by atoms with van der Waals surface area (Å²) in [6.45, 7) is 2.02. The molecule has 0 saturated heterocycles. The molecule has 5 nitrogen and oxygen atoms in total. The molecule has 1 aromatic carbocycles. The number of aryl methyl sites for hydroxylation is 4. The van der Waals surface area contributed by atoms with Crippen molar-refractivity contribution in [2.75, 3.05) is 5.32 Å². The second-order valence-electron chi connectivity index (χ2n) is 6.44. The van der Waals surface area contributed by atoms with Crippen molar-refractivity contribution >= 4 is 22.4 Å². The zero-order chi connectivity index (χ0) is 18.1. The van der Waals surface area contributed by atoms with Gasteiger partial charge in [-0.1, -0.05) is 6.07 Å². The van der Waals surface area contributed by atoms with Gasteiger partial charge in [-0.25, -0.2) is 9.37 Å². The topological polar surface area (TPSA) is 58.5 Å². The number of rotatable bonds is 5. The fourth-order valence-corrected chi connectivity index (χ4v) is 3.10. The number of nitrogens with zero attached hydrogens (tertiary/aromatic N) is 3. The van der Waals surface area contributed by atoms with Crippen LogP contribution in [0.4, 0.5) is 15.9 Å². The van der Waals surface area contributed by atoms with Gasteiger partial charge in [-0.2, -0.15) is 5.10 Å². The summed E-state index contributed by atoms with van der Waals surface area (Å²) in [5.41, 5.74) is 4.92. The number of H-pyrrole nitrogens is 1. The normalized spacial score (nSPS) is 11.2. The van der Waals surface area contributed by atoms with Crippen molar-refractivity contribution in [1.82, 2.24) is 19.7 Å². The van der Waals surface area contributed by atoms with E-state index in [1.165, 1.54) is 11.8 Å². The van der Waals surface area contributed by atoms with E-state index in [2.05, 4.69) is 26.4 Å². The summed E-state index contributed by atoms with van der Waals surface area (Å²) in [6.07, 6.45) is 5.13. The van der Waals surface area contributed by atoms with E-state index in [0.717, 1.165) is 41.3 Å². The number of nitrogens with one attached hydrogen (secondary N) is 2. The molecule has 0 saturated carbocycles. The van der Waals surface area contributed by atoms with Gasteiger partial charge in [0.05, 0.1) is 11.2 Å². The Morgan fingerprint density at radius 1 is 1.15 bits per heavy atom. The zero-order valence-electron chi connectivity index (χ0n) is 14.8. The number of halogens is 1. The number of aromatic nitrogens is 4. The maximum Gasteiger partial charge on any atom is 0.148 e. The molecular weight excluding hydrogens is 329 g/mol. The molecule has 3 heterocycles. The average molecular weight is 349 g/mol. The minimum atomic E-state index is -0.238. The molecule has 0 spiro atoms. The van der Waals surface area contributed by atoms with E-state index in [1.807, 2.05) is 49.1 Å². The molecule has 0 atom stereocenters. The molecule has 0 bridgehead atoms. The van der Waals surface area contributed by atoms with Gasteiger partial charge in [0.15, 0.2) is 0 Å². The van der Waals surface area contributed by atoms with Crippen LogP contribution in [0.15, 0.2) is 48.8 Å². The van der Waals surface area contributed by atoms with Crippen LogP contribution in [0, 0.1) is 12.7 Å². The van der Waals surface area contributed by atoms with Gasteiger partial charge in [0, 0.05) is 36.2 Å². The summed E-state index contributed by atoms with van der Waals surface area (Å²) in [7, 11) is 1.93. The van der Waals surface area contributed by atoms with Crippen LogP contribution in [-0.2, 0) is 19.9 Å². The number of aromatic amines is 1. The third-order valence-corrected chi connectivity index (χ3v) is 4.52. The van der Waals surface area contributed by atoms with Crippen molar-refractivity contribution in [1.29, 1.82) is 0 Å². The Morgan fingerprint density at radius 2 is 2.04 bits per heavy atom. The molecule has 0 fully saturated rings. The molecule has 0 aliphatic rings. The fraction of sp³-hybridized carbons (Fsp3) is 0.200. The summed E-state index contributed by atoms with van der Waals surface area (Å²) in [6, 6.07) is 11.6. The lowest BCUT2D eigenvalue weighted by molar-refractivity contribution is 0.639. The number of benzene rings is 1. The van der Waals surface area contributed by atoms with Gasteiger partial charge in [0.2, 0.25) is 0 Å². The number of hydrogen-bond donors (Lipinski definition) is 2. The standard InChI is InChI=1S/C20H20FN5/c1-13-14(3-5-15-9-10-26(2)25-15)4-8-20(23-13)24-16-6-7-17-18(21)12-22-19(17)11-16/h4,6-12,22H,3,5H2,1-2H3,(H,23,24). The van der Waals surface area contributed by atoms with Gasteiger partial charge < -0.3 is 10.3 Å². The Hall–Kier alpha value is -3.15. The SMILES string of the molecule is Cc1nc(Nc2ccc3c(F)c[nH]c3c2)ccc1CCc1ccn(C)n1. The molecule has 4 aromatic rings. The quantitative estimate of drug-likeness (QED) is 0.566. The maximum atomic E-state index is 13.5. The molecule has 0 aliphatic carbocycles. The minimum absolute atomic E-state index is 0.238. The van der Waals surface area contributed by atoms with Crippen molar-refractivity contribution in [3.63, 3.8) is 0 Å². The van der Waals surface area contributed by atoms with Crippen LogP contribution >= 0.6 is 0 Å². The monoisotopic (exact) mass is 349 g/mol. The Balaban J connectivity index is 1.47. The second kappa shape index (κ2) is 6.63. The van der Waals surface area contributed by atoms with Crippen LogP contribution in [0.5, 0.6) is 0 Å². The van der Waals surface area contributed by atoms with E-state index >= 15 is 0 Å². The second-order valence-corrected chi connectivity index (χ2v) is 6.44. The molecule has 2 N–H and O–H groups in total. The summed E-state index contributed by atoms with van der Waals surface area (Å²) in [5, 5.41) is 8.28. The summed E-state index contributed by atoms with van der Waals surface area (Å²) < 4.78 is 15.3. The van der Waals surface area contributed by atoms with Gasteiger partial charge in [0.25, 0.3) is 0 Å². The molecular formula is C20H20FN5. The van der Waals surface area contributed by atoms with Crippen molar-refractivity contribution in [2.45, 2.75) is 19.8 Å². The Morgan fingerprint density at radius 3 is 2.81 bits per heavy atom. The first-order valence-corrected chi connectivity index (χ1v) is 8.57. The Kier molecular flexibility index (Phi) is 4.16. The highest BCUT2D eigenvalue weighted by atomic mass is 19.1. The zero-order valence-corrected chi connectivity index (χ0v) is 14.8.